The summed E-state index contributed by atoms with van der Waals surface area (Å²) in [6.07, 6.45) is 0. The quantitative estimate of drug-likeness (QED) is 0.289. The van der Waals surface area contributed by atoms with Gasteiger partial charge < -0.3 is 5.32 Å². The van der Waals surface area contributed by atoms with Gasteiger partial charge in [-0.3, -0.25) is 14.2 Å². The van der Waals surface area contributed by atoms with Crippen molar-refractivity contribution in [2.75, 3.05) is 5.75 Å². The van der Waals surface area contributed by atoms with E-state index >= 15 is 0 Å². The Labute approximate surface area is 176 Å². The van der Waals surface area contributed by atoms with E-state index in [1.165, 1.54) is 17.8 Å². The zero-order valence-corrected chi connectivity index (χ0v) is 17.2. The molecule has 4 rings (SSSR count). The number of aromatic nitrogens is 2. The maximum Gasteiger partial charge on any atom is 0.262 e. The van der Waals surface area contributed by atoms with E-state index in [0.29, 0.717) is 28.2 Å². The number of hydrogen-bond donors (Lipinski definition) is 1. The third-order valence-electron chi connectivity index (χ3n) is 4.87. The summed E-state index contributed by atoms with van der Waals surface area (Å²) in [5, 5.41) is 5.75. The van der Waals surface area contributed by atoms with Gasteiger partial charge in [-0.05, 0) is 35.9 Å². The fourth-order valence-corrected chi connectivity index (χ4v) is 4.19. The minimum atomic E-state index is -0.353. The lowest BCUT2D eigenvalue weighted by Crippen LogP contribution is -2.26. The van der Waals surface area contributed by atoms with Gasteiger partial charge in [0.1, 0.15) is 5.82 Å². The molecule has 1 amide bonds. The number of hydrogen-bond acceptors (Lipinski definition) is 4. The zero-order valence-electron chi connectivity index (χ0n) is 16.4. The molecule has 5 nitrogen and oxygen atoms in total. The SMILES string of the molecule is CCn1c(SCC(=O)NCc2ccccc2F)nc2cc3ccccc3cc2c1=O. The third-order valence-corrected chi connectivity index (χ3v) is 5.85. The van der Waals surface area contributed by atoms with E-state index in [1.807, 2.05) is 43.3 Å². The summed E-state index contributed by atoms with van der Waals surface area (Å²) >= 11 is 1.20. The molecule has 0 bridgehead atoms. The van der Waals surface area contributed by atoms with E-state index < -0.39 is 0 Å². The highest BCUT2D eigenvalue weighted by atomic mass is 32.2. The van der Waals surface area contributed by atoms with Gasteiger partial charge in [0.15, 0.2) is 5.16 Å². The molecule has 152 valence electrons. The fourth-order valence-electron chi connectivity index (χ4n) is 3.29. The number of nitrogens with zero attached hydrogens (tertiary/aromatic N) is 2. The Hall–Kier alpha value is -3.19. The predicted octanol–water partition coefficient (Wildman–Crippen LogP) is 4.12. The van der Waals surface area contributed by atoms with Crippen LogP contribution in [0, 0.1) is 5.82 Å². The normalized spacial score (nSPS) is 11.1. The maximum atomic E-state index is 13.7. The van der Waals surface area contributed by atoms with Crippen LogP contribution in [0.4, 0.5) is 4.39 Å². The Bertz CT molecular complexity index is 1300. The summed E-state index contributed by atoms with van der Waals surface area (Å²) in [7, 11) is 0. The van der Waals surface area contributed by atoms with Gasteiger partial charge in [-0.15, -0.1) is 0 Å². The fraction of sp³-hybridized carbons (Fsp3) is 0.174. The number of carbonyl (C=O) groups is 1. The number of halogens is 1. The van der Waals surface area contributed by atoms with Crippen LogP contribution in [0.3, 0.4) is 0 Å². The first-order valence-electron chi connectivity index (χ1n) is 9.63. The summed E-state index contributed by atoms with van der Waals surface area (Å²) in [6.45, 7) is 2.44. The molecule has 0 saturated carbocycles. The molecule has 1 N–H and O–H groups in total. The van der Waals surface area contributed by atoms with Crippen molar-refractivity contribution in [1.29, 1.82) is 0 Å². The molecule has 0 fully saturated rings. The molecule has 0 aliphatic heterocycles. The number of fused-ring (bicyclic) bond motifs is 2. The van der Waals surface area contributed by atoms with Crippen LogP contribution in [-0.2, 0) is 17.9 Å². The smallest absolute Gasteiger partial charge is 0.262 e. The standard InChI is InChI=1S/C23H20FN3O2S/c1-2-27-22(29)18-11-15-7-3-4-8-16(15)12-20(18)26-23(27)30-14-21(28)25-13-17-9-5-6-10-19(17)24/h3-12H,2,13-14H2,1H3,(H,25,28). The predicted molar refractivity (Wildman–Crippen MR) is 118 cm³/mol. The summed E-state index contributed by atoms with van der Waals surface area (Å²) in [5.41, 5.74) is 0.914. The number of amides is 1. The Morgan fingerprint density at radius 2 is 1.80 bits per heavy atom. The van der Waals surface area contributed by atoms with Crippen molar-refractivity contribution in [3.63, 3.8) is 0 Å². The zero-order chi connectivity index (χ0) is 21.1. The molecular formula is C23H20FN3O2S. The van der Waals surface area contributed by atoms with Crippen LogP contribution < -0.4 is 10.9 Å². The molecule has 0 unspecified atom stereocenters. The number of carbonyl (C=O) groups excluding carboxylic acids is 1. The molecule has 4 aromatic rings. The molecule has 1 aromatic heterocycles. The van der Waals surface area contributed by atoms with Crippen molar-refractivity contribution in [2.24, 2.45) is 0 Å². The lowest BCUT2D eigenvalue weighted by Gasteiger charge is -2.12. The van der Waals surface area contributed by atoms with Crippen LogP contribution in [-0.4, -0.2) is 21.2 Å². The van der Waals surface area contributed by atoms with Gasteiger partial charge in [0.2, 0.25) is 5.91 Å². The topological polar surface area (TPSA) is 64.0 Å². The van der Waals surface area contributed by atoms with E-state index in [0.717, 1.165) is 10.8 Å². The first kappa shape index (κ1) is 20.1. The van der Waals surface area contributed by atoms with Crippen molar-refractivity contribution in [3.05, 3.63) is 82.4 Å². The minimum Gasteiger partial charge on any atom is -0.351 e. The van der Waals surface area contributed by atoms with E-state index in [9.17, 15) is 14.0 Å². The lowest BCUT2D eigenvalue weighted by molar-refractivity contribution is -0.118. The molecule has 0 saturated heterocycles. The first-order chi connectivity index (χ1) is 14.6. The largest absolute Gasteiger partial charge is 0.351 e. The second kappa shape index (κ2) is 8.67. The van der Waals surface area contributed by atoms with Crippen LogP contribution in [0.5, 0.6) is 0 Å². The average molecular weight is 421 g/mol. The number of nitrogens with one attached hydrogen (secondary N) is 1. The third kappa shape index (κ3) is 4.07. The van der Waals surface area contributed by atoms with Crippen LogP contribution in [0.15, 0.2) is 70.6 Å². The maximum absolute atomic E-state index is 13.7. The Morgan fingerprint density at radius 3 is 2.53 bits per heavy atom. The van der Waals surface area contributed by atoms with Gasteiger partial charge in [-0.1, -0.05) is 54.2 Å². The van der Waals surface area contributed by atoms with E-state index in [2.05, 4.69) is 10.3 Å². The minimum absolute atomic E-state index is 0.0833. The Morgan fingerprint density at radius 1 is 1.10 bits per heavy atom. The van der Waals surface area contributed by atoms with Gasteiger partial charge in [-0.25, -0.2) is 9.37 Å². The van der Waals surface area contributed by atoms with Gasteiger partial charge >= 0.3 is 0 Å². The summed E-state index contributed by atoms with van der Waals surface area (Å²) in [4.78, 5) is 29.9. The first-order valence-corrected chi connectivity index (χ1v) is 10.6. The van der Waals surface area contributed by atoms with Crippen molar-refractivity contribution < 1.29 is 9.18 Å². The van der Waals surface area contributed by atoms with Gasteiger partial charge in [-0.2, -0.15) is 0 Å². The Kier molecular flexibility index (Phi) is 5.81. The average Bonchev–Trinajstić information content (AvgIpc) is 2.76. The van der Waals surface area contributed by atoms with E-state index in [-0.39, 0.29) is 29.6 Å². The molecule has 0 atom stereocenters. The van der Waals surface area contributed by atoms with Gasteiger partial charge in [0.05, 0.1) is 16.7 Å². The molecule has 30 heavy (non-hydrogen) atoms. The number of thioether (sulfide) groups is 1. The molecule has 0 aliphatic carbocycles. The highest BCUT2D eigenvalue weighted by Crippen LogP contribution is 2.22. The van der Waals surface area contributed by atoms with Gasteiger partial charge in [0.25, 0.3) is 5.56 Å². The molecular weight excluding hydrogens is 401 g/mol. The van der Waals surface area contributed by atoms with Crippen LogP contribution >= 0.6 is 11.8 Å². The highest BCUT2D eigenvalue weighted by molar-refractivity contribution is 7.99. The van der Waals surface area contributed by atoms with Crippen molar-refractivity contribution in [1.82, 2.24) is 14.9 Å². The second-order valence-corrected chi connectivity index (χ2v) is 7.76. The monoisotopic (exact) mass is 421 g/mol. The number of benzene rings is 3. The molecule has 3 aromatic carbocycles. The van der Waals surface area contributed by atoms with Crippen LogP contribution in [0.1, 0.15) is 12.5 Å². The molecule has 1 heterocycles. The van der Waals surface area contributed by atoms with Crippen molar-refractivity contribution >= 4 is 39.3 Å². The lowest BCUT2D eigenvalue weighted by atomic mass is 10.1. The molecule has 0 spiro atoms. The summed E-state index contributed by atoms with van der Waals surface area (Å²) < 4.78 is 15.3. The van der Waals surface area contributed by atoms with Crippen molar-refractivity contribution in [3.8, 4) is 0 Å². The van der Waals surface area contributed by atoms with Crippen molar-refractivity contribution in [2.45, 2.75) is 25.2 Å². The highest BCUT2D eigenvalue weighted by Gasteiger charge is 2.13. The number of rotatable bonds is 6. The molecule has 7 heteroatoms. The van der Waals surface area contributed by atoms with E-state index in [1.54, 1.807) is 22.8 Å². The summed E-state index contributed by atoms with van der Waals surface area (Å²) in [6, 6.07) is 17.9. The Balaban J connectivity index is 1.55. The molecule has 0 radical (unpaired) electrons. The van der Waals surface area contributed by atoms with Crippen LogP contribution in [0.2, 0.25) is 0 Å². The van der Waals surface area contributed by atoms with Gasteiger partial charge in [0, 0.05) is 18.7 Å². The van der Waals surface area contributed by atoms with E-state index in [4.69, 9.17) is 0 Å². The molecule has 0 aliphatic rings. The van der Waals surface area contributed by atoms with Crippen LogP contribution in [0.25, 0.3) is 21.7 Å². The second-order valence-electron chi connectivity index (χ2n) is 6.82. The summed E-state index contributed by atoms with van der Waals surface area (Å²) in [5.74, 6) is -0.521.